The van der Waals surface area contributed by atoms with E-state index in [0.717, 1.165) is 0 Å². The minimum absolute atomic E-state index is 0.0852. The minimum atomic E-state index is 0.0852. The molecule has 90 valence electrons. The Hall–Kier alpha value is -0.820. The Bertz CT molecular complexity index is 356. The fraction of sp³-hybridized carbons (Fsp3) is 0.600. The van der Waals surface area contributed by atoms with E-state index in [1.54, 1.807) is 0 Å². The molecule has 1 rings (SSSR count). The third-order valence-corrected chi connectivity index (χ3v) is 3.95. The summed E-state index contributed by atoms with van der Waals surface area (Å²) in [6.07, 6.45) is 0. The molecule has 0 bridgehead atoms. The van der Waals surface area contributed by atoms with Gasteiger partial charge >= 0.3 is 0 Å². The molecule has 0 aliphatic heterocycles. The summed E-state index contributed by atoms with van der Waals surface area (Å²) in [6, 6.07) is 4.53. The van der Waals surface area contributed by atoms with Crippen LogP contribution in [-0.2, 0) is 5.41 Å². The van der Waals surface area contributed by atoms with Gasteiger partial charge in [-0.1, -0.05) is 38.5 Å². The third kappa shape index (κ3) is 2.15. The van der Waals surface area contributed by atoms with E-state index in [1.807, 2.05) is 0 Å². The molecule has 2 N–H and O–H groups in total. The zero-order chi connectivity index (χ0) is 12.5. The molecule has 16 heavy (non-hydrogen) atoms. The van der Waals surface area contributed by atoms with Crippen molar-refractivity contribution in [3.05, 3.63) is 34.4 Å². The van der Waals surface area contributed by atoms with E-state index in [1.165, 1.54) is 22.3 Å². The van der Waals surface area contributed by atoms with Crippen LogP contribution < -0.4 is 5.73 Å². The van der Waals surface area contributed by atoms with E-state index >= 15 is 0 Å². The molecular formula is C15H25N. The Labute approximate surface area is 100 Å². The second-order valence-electron chi connectivity index (χ2n) is 5.55. The van der Waals surface area contributed by atoms with Crippen molar-refractivity contribution in [2.24, 2.45) is 11.7 Å². The fourth-order valence-electron chi connectivity index (χ4n) is 2.71. The maximum absolute atomic E-state index is 6.02. The molecule has 1 unspecified atom stereocenters. The van der Waals surface area contributed by atoms with Crippen molar-refractivity contribution in [1.82, 2.24) is 0 Å². The molecule has 0 saturated carbocycles. The zero-order valence-corrected chi connectivity index (χ0v) is 11.5. The van der Waals surface area contributed by atoms with Crippen LogP contribution in [0.1, 0.15) is 43.0 Å². The van der Waals surface area contributed by atoms with Gasteiger partial charge in [-0.3, -0.25) is 0 Å². The van der Waals surface area contributed by atoms with Crippen LogP contribution in [0, 0.1) is 26.7 Å². The molecule has 1 heteroatoms. The standard InChI is InChI=1S/C15H25N/c1-10(2)15(6,9-16)14-12(4)7-11(3)8-13(14)5/h7-8,10H,9,16H2,1-6H3. The molecule has 0 radical (unpaired) electrons. The average Bonchev–Trinajstić information content (AvgIpc) is 2.15. The summed E-state index contributed by atoms with van der Waals surface area (Å²) in [5.74, 6) is 0.553. The quantitative estimate of drug-likeness (QED) is 0.827. The van der Waals surface area contributed by atoms with Gasteiger partial charge in [0.15, 0.2) is 0 Å². The second-order valence-corrected chi connectivity index (χ2v) is 5.55. The monoisotopic (exact) mass is 219 g/mol. The highest BCUT2D eigenvalue weighted by Gasteiger charge is 2.31. The van der Waals surface area contributed by atoms with Gasteiger partial charge in [-0.05, 0) is 43.4 Å². The molecule has 1 aromatic carbocycles. The molecule has 1 atom stereocenters. The van der Waals surface area contributed by atoms with Gasteiger partial charge in [0.2, 0.25) is 0 Å². The molecule has 0 heterocycles. The largest absolute Gasteiger partial charge is 0.330 e. The molecule has 1 aromatic rings. The highest BCUT2D eigenvalue weighted by molar-refractivity contribution is 5.43. The predicted molar refractivity (Wildman–Crippen MR) is 71.9 cm³/mol. The smallest absolute Gasteiger partial charge is 0.00754 e. The van der Waals surface area contributed by atoms with E-state index in [2.05, 4.69) is 53.7 Å². The first-order valence-corrected chi connectivity index (χ1v) is 6.11. The van der Waals surface area contributed by atoms with Crippen LogP contribution in [0.4, 0.5) is 0 Å². The fourth-order valence-corrected chi connectivity index (χ4v) is 2.71. The van der Waals surface area contributed by atoms with Gasteiger partial charge in [0.25, 0.3) is 0 Å². The van der Waals surface area contributed by atoms with Crippen molar-refractivity contribution in [2.75, 3.05) is 6.54 Å². The number of nitrogens with two attached hydrogens (primary N) is 1. The first-order valence-electron chi connectivity index (χ1n) is 6.11. The number of rotatable bonds is 3. The summed E-state index contributed by atoms with van der Waals surface area (Å²) in [7, 11) is 0. The Balaban J connectivity index is 3.42. The van der Waals surface area contributed by atoms with Gasteiger partial charge in [0.1, 0.15) is 0 Å². The van der Waals surface area contributed by atoms with Crippen LogP contribution >= 0.6 is 0 Å². The van der Waals surface area contributed by atoms with Crippen molar-refractivity contribution in [2.45, 2.75) is 47.0 Å². The summed E-state index contributed by atoms with van der Waals surface area (Å²) in [4.78, 5) is 0. The van der Waals surface area contributed by atoms with Gasteiger partial charge in [0.05, 0.1) is 0 Å². The van der Waals surface area contributed by atoms with Gasteiger partial charge in [-0.25, -0.2) is 0 Å². The number of hydrogen-bond donors (Lipinski definition) is 1. The second kappa shape index (κ2) is 4.58. The van der Waals surface area contributed by atoms with Crippen molar-refractivity contribution in [3.8, 4) is 0 Å². The molecular weight excluding hydrogens is 194 g/mol. The van der Waals surface area contributed by atoms with Crippen molar-refractivity contribution >= 4 is 0 Å². The molecule has 0 saturated heterocycles. The Morgan fingerprint density at radius 1 is 1.12 bits per heavy atom. The Kier molecular flexibility index (Phi) is 3.80. The normalized spacial score (nSPS) is 15.2. The lowest BCUT2D eigenvalue weighted by atomic mass is 9.70. The Morgan fingerprint density at radius 2 is 1.56 bits per heavy atom. The van der Waals surface area contributed by atoms with Crippen molar-refractivity contribution < 1.29 is 0 Å². The van der Waals surface area contributed by atoms with Crippen LogP contribution in [-0.4, -0.2) is 6.54 Å². The summed E-state index contributed by atoms with van der Waals surface area (Å²) in [6.45, 7) is 14.0. The summed E-state index contributed by atoms with van der Waals surface area (Å²) < 4.78 is 0. The lowest BCUT2D eigenvalue weighted by Crippen LogP contribution is -2.38. The molecule has 0 spiro atoms. The highest BCUT2D eigenvalue weighted by atomic mass is 14.6. The highest BCUT2D eigenvalue weighted by Crippen LogP contribution is 2.35. The Morgan fingerprint density at radius 3 is 1.88 bits per heavy atom. The van der Waals surface area contributed by atoms with Gasteiger partial charge in [-0.2, -0.15) is 0 Å². The van der Waals surface area contributed by atoms with Crippen LogP contribution in [0.3, 0.4) is 0 Å². The van der Waals surface area contributed by atoms with Crippen molar-refractivity contribution in [1.29, 1.82) is 0 Å². The molecule has 0 aliphatic carbocycles. The molecule has 0 amide bonds. The molecule has 1 nitrogen and oxygen atoms in total. The minimum Gasteiger partial charge on any atom is -0.330 e. The lowest BCUT2D eigenvalue weighted by Gasteiger charge is -2.36. The summed E-state index contributed by atoms with van der Waals surface area (Å²) in [5.41, 5.74) is 11.6. The average molecular weight is 219 g/mol. The van der Waals surface area contributed by atoms with Gasteiger partial charge in [-0.15, -0.1) is 0 Å². The molecule has 0 fully saturated rings. The van der Waals surface area contributed by atoms with E-state index < -0.39 is 0 Å². The van der Waals surface area contributed by atoms with Crippen LogP contribution in [0.15, 0.2) is 12.1 Å². The maximum Gasteiger partial charge on any atom is 0.00754 e. The van der Waals surface area contributed by atoms with Crippen LogP contribution in [0.25, 0.3) is 0 Å². The summed E-state index contributed by atoms with van der Waals surface area (Å²) >= 11 is 0. The van der Waals surface area contributed by atoms with E-state index in [-0.39, 0.29) is 5.41 Å². The molecule has 0 aromatic heterocycles. The maximum atomic E-state index is 6.02. The van der Waals surface area contributed by atoms with Crippen molar-refractivity contribution in [3.63, 3.8) is 0 Å². The van der Waals surface area contributed by atoms with Gasteiger partial charge in [0, 0.05) is 12.0 Å². The zero-order valence-electron chi connectivity index (χ0n) is 11.5. The SMILES string of the molecule is Cc1cc(C)c(C(C)(CN)C(C)C)c(C)c1. The van der Waals surface area contributed by atoms with E-state index in [9.17, 15) is 0 Å². The first-order chi connectivity index (χ1) is 7.32. The molecule has 0 aliphatic rings. The third-order valence-electron chi connectivity index (χ3n) is 3.95. The van der Waals surface area contributed by atoms with Gasteiger partial charge < -0.3 is 5.73 Å². The summed E-state index contributed by atoms with van der Waals surface area (Å²) in [5, 5.41) is 0. The first kappa shape index (κ1) is 13.2. The van der Waals surface area contributed by atoms with Crippen LogP contribution in [0.2, 0.25) is 0 Å². The topological polar surface area (TPSA) is 26.0 Å². The van der Waals surface area contributed by atoms with E-state index in [4.69, 9.17) is 5.73 Å². The predicted octanol–water partition coefficient (Wildman–Crippen LogP) is 3.48. The van der Waals surface area contributed by atoms with E-state index in [0.29, 0.717) is 12.5 Å². The van der Waals surface area contributed by atoms with Crippen LogP contribution in [0.5, 0.6) is 0 Å². The number of aryl methyl sites for hydroxylation is 3. The number of benzene rings is 1. The number of hydrogen-bond acceptors (Lipinski definition) is 1. The lowest BCUT2D eigenvalue weighted by molar-refractivity contribution is 0.344.